The van der Waals surface area contributed by atoms with Crippen LogP contribution in [0.5, 0.6) is 23.0 Å². The summed E-state index contributed by atoms with van der Waals surface area (Å²) in [6.45, 7) is -2.49. The number of methoxy groups -OCH3 is 1. The Kier molecular flexibility index (Phi) is 5.56. The molecular weight excluding hydrogens is 465 g/mol. The van der Waals surface area contributed by atoms with Crippen molar-refractivity contribution >= 4 is 21.8 Å². The minimum absolute atomic E-state index is 0.0143. The van der Waals surface area contributed by atoms with Crippen molar-refractivity contribution in [1.29, 1.82) is 0 Å². The fourth-order valence-corrected chi connectivity index (χ4v) is 3.92. The van der Waals surface area contributed by atoms with Crippen molar-refractivity contribution in [2.75, 3.05) is 20.3 Å². The molecule has 1 aliphatic rings. The van der Waals surface area contributed by atoms with Crippen molar-refractivity contribution in [1.82, 2.24) is 15.0 Å². The zero-order valence-electron chi connectivity index (χ0n) is 16.2. The average Bonchev–Trinajstić information content (AvgIpc) is 3.12. The van der Waals surface area contributed by atoms with Crippen LogP contribution in [0.25, 0.3) is 11.0 Å². The third-order valence-electron chi connectivity index (χ3n) is 4.20. The summed E-state index contributed by atoms with van der Waals surface area (Å²) in [7, 11) is -0.628. The molecule has 3 heterocycles. The molecule has 3 aromatic rings. The van der Waals surface area contributed by atoms with Gasteiger partial charge in [0.05, 0.1) is 40.4 Å². The van der Waals surface area contributed by atoms with Crippen molar-refractivity contribution in [3.63, 3.8) is 0 Å². The highest BCUT2D eigenvalue weighted by Crippen LogP contribution is 2.39. The Morgan fingerprint density at radius 2 is 2.06 bits per heavy atom. The minimum atomic E-state index is -4.55. The Labute approximate surface area is 179 Å². The van der Waals surface area contributed by atoms with Gasteiger partial charge in [-0.3, -0.25) is 9.19 Å². The van der Waals surface area contributed by atoms with Crippen LogP contribution in [-0.4, -0.2) is 51.8 Å². The van der Waals surface area contributed by atoms with E-state index in [-0.39, 0.29) is 45.1 Å². The number of aromatic nitrogens is 3. The fourth-order valence-electron chi connectivity index (χ4n) is 2.91. The number of alkyl halides is 5. The Hall–Kier alpha value is -3.16. The van der Waals surface area contributed by atoms with Gasteiger partial charge in [0.25, 0.3) is 0 Å². The van der Waals surface area contributed by atoms with E-state index in [9.17, 15) is 26.2 Å². The number of nitrogens with zero attached hydrogens (tertiary/aromatic N) is 2. The second-order valence-corrected chi connectivity index (χ2v) is 7.94. The standard InChI is InChI=1S/C18H14F5N3O5S/c1-28-15-11(24-3-2-12(15)29-7-17(19,20)21)6-32(27)16-25-9-4-13-14(5-10(9)26-16)31-18(22,23)8-30-13/h2-5H,6-8H2,1H3,(H,25,26). The number of hydrogen-bond donors (Lipinski definition) is 1. The number of imidazole rings is 1. The van der Waals surface area contributed by atoms with Crippen molar-refractivity contribution in [3.05, 3.63) is 30.1 Å². The lowest BCUT2D eigenvalue weighted by Crippen LogP contribution is -2.35. The maximum atomic E-state index is 13.4. The van der Waals surface area contributed by atoms with E-state index in [1.54, 1.807) is 0 Å². The molecule has 172 valence electrons. The first-order valence-electron chi connectivity index (χ1n) is 8.88. The molecule has 0 aliphatic carbocycles. The lowest BCUT2D eigenvalue weighted by molar-refractivity contribution is -0.208. The van der Waals surface area contributed by atoms with Gasteiger partial charge in [-0.15, -0.1) is 0 Å². The number of nitrogens with one attached hydrogen (secondary N) is 1. The maximum Gasteiger partial charge on any atom is 0.433 e. The van der Waals surface area contributed by atoms with Crippen molar-refractivity contribution in [2.45, 2.75) is 23.2 Å². The second kappa shape index (κ2) is 8.07. The van der Waals surface area contributed by atoms with Crippen LogP contribution in [0.4, 0.5) is 22.0 Å². The van der Waals surface area contributed by atoms with Crippen LogP contribution in [0.2, 0.25) is 0 Å². The first-order valence-corrected chi connectivity index (χ1v) is 10.2. The molecule has 0 spiro atoms. The molecule has 4 rings (SSSR count). The predicted molar refractivity (Wildman–Crippen MR) is 99.6 cm³/mol. The number of hydrogen-bond acceptors (Lipinski definition) is 7. The summed E-state index contributed by atoms with van der Waals surface area (Å²) < 4.78 is 96.4. The van der Waals surface area contributed by atoms with E-state index in [0.717, 1.165) is 0 Å². The Morgan fingerprint density at radius 3 is 2.78 bits per heavy atom. The first kappa shape index (κ1) is 22.0. The van der Waals surface area contributed by atoms with Gasteiger partial charge in [0, 0.05) is 24.4 Å². The highest BCUT2D eigenvalue weighted by molar-refractivity contribution is 7.84. The van der Waals surface area contributed by atoms with Crippen molar-refractivity contribution in [3.8, 4) is 23.0 Å². The number of aromatic amines is 1. The second-order valence-electron chi connectivity index (χ2n) is 6.57. The summed E-state index contributed by atoms with van der Waals surface area (Å²) in [5.41, 5.74) is 0.648. The van der Waals surface area contributed by atoms with Gasteiger partial charge < -0.3 is 23.9 Å². The number of rotatable bonds is 6. The third-order valence-corrected chi connectivity index (χ3v) is 5.36. The Morgan fingerprint density at radius 1 is 1.28 bits per heavy atom. The SMILES string of the molecule is COc1c(OCC(F)(F)F)ccnc1CS(=O)c1nc2cc3c(cc2[nH]1)OC(F)(F)CO3. The van der Waals surface area contributed by atoms with Gasteiger partial charge in [-0.25, -0.2) is 4.98 Å². The zero-order chi connectivity index (χ0) is 23.1. The third kappa shape index (κ3) is 4.69. The minimum Gasteiger partial charge on any atom is -0.491 e. The number of ether oxygens (including phenoxy) is 4. The van der Waals surface area contributed by atoms with Crippen LogP contribution < -0.4 is 18.9 Å². The predicted octanol–water partition coefficient (Wildman–Crippen LogP) is 3.58. The summed E-state index contributed by atoms with van der Waals surface area (Å²) >= 11 is 0. The topological polar surface area (TPSA) is 95.6 Å². The summed E-state index contributed by atoms with van der Waals surface area (Å²) in [6.07, 6.45) is -6.84. The highest BCUT2D eigenvalue weighted by Gasteiger charge is 2.38. The van der Waals surface area contributed by atoms with E-state index in [0.29, 0.717) is 5.52 Å². The molecule has 0 saturated heterocycles. The maximum absolute atomic E-state index is 13.4. The van der Waals surface area contributed by atoms with Gasteiger partial charge >= 0.3 is 12.3 Å². The molecular formula is C18H14F5N3O5S. The lowest BCUT2D eigenvalue weighted by Gasteiger charge is -2.25. The molecule has 1 unspecified atom stereocenters. The van der Waals surface area contributed by atoms with Gasteiger partial charge in [0.1, 0.15) is 0 Å². The monoisotopic (exact) mass is 479 g/mol. The number of H-pyrrole nitrogens is 1. The largest absolute Gasteiger partial charge is 0.491 e. The summed E-state index contributed by atoms with van der Waals surface area (Å²) in [4.78, 5) is 10.9. The molecule has 14 heteroatoms. The Balaban J connectivity index is 1.58. The van der Waals surface area contributed by atoms with Crippen molar-refractivity contribution in [2.24, 2.45) is 0 Å². The number of halogens is 5. The molecule has 32 heavy (non-hydrogen) atoms. The van der Waals surface area contributed by atoms with Crippen LogP contribution in [0.3, 0.4) is 0 Å². The molecule has 1 aromatic carbocycles. The number of fused-ring (bicyclic) bond motifs is 2. The fraction of sp³-hybridized carbons (Fsp3) is 0.333. The summed E-state index contributed by atoms with van der Waals surface area (Å²) in [5.74, 6) is -0.713. The number of pyridine rings is 1. The van der Waals surface area contributed by atoms with E-state index < -0.39 is 36.3 Å². The average molecular weight is 479 g/mol. The zero-order valence-corrected chi connectivity index (χ0v) is 17.0. The van der Waals surface area contributed by atoms with Gasteiger partial charge in [0.15, 0.2) is 41.4 Å². The highest BCUT2D eigenvalue weighted by atomic mass is 32.2. The van der Waals surface area contributed by atoms with E-state index in [1.807, 2.05) is 0 Å². The van der Waals surface area contributed by atoms with E-state index in [2.05, 4.69) is 19.7 Å². The summed E-state index contributed by atoms with van der Waals surface area (Å²) in [6, 6.07) is 3.80. The molecule has 1 N–H and O–H groups in total. The summed E-state index contributed by atoms with van der Waals surface area (Å²) in [5, 5.41) is -0.0143. The first-order chi connectivity index (χ1) is 15.0. The molecule has 1 aliphatic heterocycles. The van der Waals surface area contributed by atoms with Crippen LogP contribution in [0.1, 0.15) is 5.69 Å². The number of benzene rings is 1. The van der Waals surface area contributed by atoms with Crippen LogP contribution in [0.15, 0.2) is 29.6 Å². The molecule has 0 amide bonds. The van der Waals surface area contributed by atoms with E-state index in [4.69, 9.17) is 14.2 Å². The molecule has 2 aromatic heterocycles. The van der Waals surface area contributed by atoms with Crippen LogP contribution in [0, 0.1) is 0 Å². The van der Waals surface area contributed by atoms with E-state index in [1.165, 1.54) is 31.5 Å². The lowest BCUT2D eigenvalue weighted by atomic mass is 10.2. The quantitative estimate of drug-likeness (QED) is 0.540. The molecule has 1 atom stereocenters. The van der Waals surface area contributed by atoms with Crippen molar-refractivity contribution < 1.29 is 45.1 Å². The van der Waals surface area contributed by atoms with Gasteiger partial charge in [-0.2, -0.15) is 22.0 Å². The van der Waals surface area contributed by atoms with Gasteiger partial charge in [-0.05, 0) is 0 Å². The van der Waals surface area contributed by atoms with Gasteiger partial charge in [-0.1, -0.05) is 0 Å². The normalized spacial score (nSPS) is 16.1. The van der Waals surface area contributed by atoms with Crippen LogP contribution in [-0.2, 0) is 16.6 Å². The van der Waals surface area contributed by atoms with E-state index >= 15 is 0 Å². The molecule has 0 bridgehead atoms. The molecule has 0 saturated carbocycles. The molecule has 0 radical (unpaired) electrons. The van der Waals surface area contributed by atoms with Crippen LogP contribution >= 0.6 is 0 Å². The molecule has 0 fully saturated rings. The smallest absolute Gasteiger partial charge is 0.433 e. The molecule has 8 nitrogen and oxygen atoms in total. The Bertz CT molecular complexity index is 1180. The van der Waals surface area contributed by atoms with Gasteiger partial charge in [0.2, 0.25) is 0 Å².